The topological polar surface area (TPSA) is 3.24 Å². The fourth-order valence-electron chi connectivity index (χ4n) is 1.97. The summed E-state index contributed by atoms with van der Waals surface area (Å²) in [4.78, 5) is 2.16. The summed E-state index contributed by atoms with van der Waals surface area (Å²) in [6, 6.07) is 13.8. The Morgan fingerprint density at radius 1 is 1.05 bits per heavy atom. The lowest BCUT2D eigenvalue weighted by molar-refractivity contribution is 0.917. The van der Waals surface area contributed by atoms with Gasteiger partial charge in [0.2, 0.25) is 0 Å². The molecule has 0 aliphatic heterocycles. The summed E-state index contributed by atoms with van der Waals surface area (Å²) in [5.74, 6) is 0. The predicted octanol–water partition coefficient (Wildman–Crippen LogP) is 5.52. The average Bonchev–Trinajstić information content (AvgIpc) is 2.41. The monoisotopic (exact) mass is 357 g/mol. The first-order chi connectivity index (χ1) is 9.11. The van der Waals surface area contributed by atoms with Gasteiger partial charge in [0.15, 0.2) is 0 Å². The van der Waals surface area contributed by atoms with Crippen LogP contribution in [-0.4, -0.2) is 7.05 Å². The highest BCUT2D eigenvalue weighted by Crippen LogP contribution is 2.28. The highest BCUT2D eigenvalue weighted by molar-refractivity contribution is 9.08. The van der Waals surface area contributed by atoms with Crippen LogP contribution < -0.4 is 4.90 Å². The van der Waals surface area contributed by atoms with Crippen molar-refractivity contribution in [3.63, 3.8) is 0 Å². The standard InChI is InChI=1S/C15H14BrCl2N/c1-19(10-12-4-2-3-5-14(12)18)15-8-13(17)7-6-11(15)9-16/h2-8H,9-10H2,1H3. The van der Waals surface area contributed by atoms with E-state index in [4.69, 9.17) is 23.2 Å². The minimum Gasteiger partial charge on any atom is -0.370 e. The normalized spacial score (nSPS) is 10.5. The minimum absolute atomic E-state index is 0.741. The molecule has 0 amide bonds. The van der Waals surface area contributed by atoms with Crippen molar-refractivity contribution >= 4 is 44.8 Å². The molecule has 1 nitrogen and oxygen atoms in total. The van der Waals surface area contributed by atoms with Gasteiger partial charge in [-0.25, -0.2) is 0 Å². The van der Waals surface area contributed by atoms with Gasteiger partial charge in [0.05, 0.1) is 0 Å². The van der Waals surface area contributed by atoms with Crippen molar-refractivity contribution in [1.29, 1.82) is 0 Å². The van der Waals surface area contributed by atoms with Crippen LogP contribution in [0.3, 0.4) is 0 Å². The van der Waals surface area contributed by atoms with Crippen molar-refractivity contribution in [2.75, 3.05) is 11.9 Å². The van der Waals surface area contributed by atoms with Gasteiger partial charge in [0, 0.05) is 34.7 Å². The maximum atomic E-state index is 6.20. The van der Waals surface area contributed by atoms with Gasteiger partial charge in [0.1, 0.15) is 0 Å². The van der Waals surface area contributed by atoms with E-state index in [0.29, 0.717) is 0 Å². The van der Waals surface area contributed by atoms with E-state index in [0.717, 1.165) is 33.2 Å². The third-order valence-electron chi connectivity index (χ3n) is 2.97. The second kappa shape index (κ2) is 6.65. The molecule has 0 unspecified atom stereocenters. The number of hydrogen-bond donors (Lipinski definition) is 0. The number of nitrogens with zero attached hydrogens (tertiary/aromatic N) is 1. The summed E-state index contributed by atoms with van der Waals surface area (Å²) in [5, 5.41) is 2.33. The van der Waals surface area contributed by atoms with Crippen LogP contribution in [0.15, 0.2) is 42.5 Å². The number of benzene rings is 2. The first-order valence-corrected chi connectivity index (χ1v) is 7.78. The molecule has 0 fully saturated rings. The summed E-state index contributed by atoms with van der Waals surface area (Å²) >= 11 is 15.8. The molecule has 0 aliphatic carbocycles. The van der Waals surface area contributed by atoms with E-state index in [1.54, 1.807) is 0 Å². The van der Waals surface area contributed by atoms with E-state index in [1.165, 1.54) is 5.56 Å². The average molecular weight is 359 g/mol. The molecule has 0 atom stereocenters. The molecule has 100 valence electrons. The van der Waals surface area contributed by atoms with E-state index < -0.39 is 0 Å². The Balaban J connectivity index is 2.27. The molecule has 2 aromatic carbocycles. The second-order valence-electron chi connectivity index (χ2n) is 4.35. The molecule has 0 N–H and O–H groups in total. The molecular weight excluding hydrogens is 345 g/mol. The van der Waals surface area contributed by atoms with Crippen molar-refractivity contribution in [2.45, 2.75) is 11.9 Å². The Bertz CT molecular complexity index is 572. The molecule has 2 aromatic rings. The Kier molecular flexibility index (Phi) is 5.14. The zero-order valence-electron chi connectivity index (χ0n) is 10.5. The summed E-state index contributed by atoms with van der Waals surface area (Å²) in [7, 11) is 2.04. The highest BCUT2D eigenvalue weighted by atomic mass is 79.9. The fraction of sp³-hybridized carbons (Fsp3) is 0.200. The van der Waals surface area contributed by atoms with Crippen molar-refractivity contribution in [1.82, 2.24) is 0 Å². The molecule has 4 heteroatoms. The number of alkyl halides is 1. The molecule has 19 heavy (non-hydrogen) atoms. The van der Waals surface area contributed by atoms with Gasteiger partial charge >= 0.3 is 0 Å². The van der Waals surface area contributed by atoms with Crippen LogP contribution >= 0.6 is 39.1 Å². The van der Waals surface area contributed by atoms with Gasteiger partial charge in [-0.2, -0.15) is 0 Å². The van der Waals surface area contributed by atoms with Crippen LogP contribution in [0.2, 0.25) is 10.0 Å². The summed E-state index contributed by atoms with van der Waals surface area (Å²) < 4.78 is 0. The van der Waals surface area contributed by atoms with E-state index in [2.05, 4.69) is 20.8 Å². The fourth-order valence-corrected chi connectivity index (χ4v) is 2.81. The minimum atomic E-state index is 0.741. The molecule has 0 saturated heterocycles. The van der Waals surface area contributed by atoms with Gasteiger partial charge < -0.3 is 4.90 Å². The van der Waals surface area contributed by atoms with Gasteiger partial charge in [0.25, 0.3) is 0 Å². The molecule has 0 heterocycles. The third kappa shape index (κ3) is 3.65. The first-order valence-electron chi connectivity index (χ1n) is 5.90. The molecule has 0 radical (unpaired) electrons. The van der Waals surface area contributed by atoms with Crippen LogP contribution in [0, 0.1) is 0 Å². The zero-order chi connectivity index (χ0) is 13.8. The van der Waals surface area contributed by atoms with Gasteiger partial charge in [-0.15, -0.1) is 0 Å². The number of anilines is 1. The Hall–Kier alpha value is -0.700. The van der Waals surface area contributed by atoms with E-state index in [1.807, 2.05) is 49.5 Å². The number of halogens is 3. The summed E-state index contributed by atoms with van der Waals surface area (Å²) in [5.41, 5.74) is 3.43. The Morgan fingerprint density at radius 3 is 2.47 bits per heavy atom. The lowest BCUT2D eigenvalue weighted by Crippen LogP contribution is -2.18. The molecule has 0 saturated carbocycles. The van der Waals surface area contributed by atoms with E-state index >= 15 is 0 Å². The SMILES string of the molecule is CN(Cc1ccccc1Cl)c1cc(Cl)ccc1CBr. The van der Waals surface area contributed by atoms with Crippen LogP contribution in [0.25, 0.3) is 0 Å². The van der Waals surface area contributed by atoms with E-state index in [9.17, 15) is 0 Å². The van der Waals surface area contributed by atoms with Crippen LogP contribution in [0.1, 0.15) is 11.1 Å². The van der Waals surface area contributed by atoms with Crippen LogP contribution in [-0.2, 0) is 11.9 Å². The third-order valence-corrected chi connectivity index (χ3v) is 4.18. The second-order valence-corrected chi connectivity index (χ2v) is 5.76. The molecule has 0 bridgehead atoms. The Morgan fingerprint density at radius 2 is 1.79 bits per heavy atom. The lowest BCUT2D eigenvalue weighted by atomic mass is 10.1. The highest BCUT2D eigenvalue weighted by Gasteiger charge is 2.09. The Labute approximate surface area is 132 Å². The lowest BCUT2D eigenvalue weighted by Gasteiger charge is -2.23. The summed E-state index contributed by atoms with van der Waals surface area (Å²) in [6.45, 7) is 0.750. The molecule has 0 aliphatic rings. The zero-order valence-corrected chi connectivity index (χ0v) is 13.6. The van der Waals surface area contributed by atoms with Gasteiger partial charge in [-0.3, -0.25) is 0 Å². The molecule has 2 rings (SSSR count). The van der Waals surface area contributed by atoms with Crippen molar-refractivity contribution in [3.8, 4) is 0 Å². The number of rotatable bonds is 4. The first kappa shape index (κ1) is 14.7. The van der Waals surface area contributed by atoms with Gasteiger partial charge in [-0.1, -0.05) is 63.4 Å². The maximum absolute atomic E-state index is 6.20. The van der Waals surface area contributed by atoms with Crippen LogP contribution in [0.4, 0.5) is 5.69 Å². The largest absolute Gasteiger partial charge is 0.370 e. The van der Waals surface area contributed by atoms with Crippen molar-refractivity contribution < 1.29 is 0 Å². The van der Waals surface area contributed by atoms with Crippen molar-refractivity contribution in [2.24, 2.45) is 0 Å². The van der Waals surface area contributed by atoms with Gasteiger partial charge in [-0.05, 0) is 29.3 Å². The number of hydrogen-bond acceptors (Lipinski definition) is 1. The molecule has 0 spiro atoms. The molecule has 0 aromatic heterocycles. The van der Waals surface area contributed by atoms with Crippen molar-refractivity contribution in [3.05, 3.63) is 63.6 Å². The van der Waals surface area contributed by atoms with Crippen LogP contribution in [0.5, 0.6) is 0 Å². The smallest absolute Gasteiger partial charge is 0.0455 e. The summed E-state index contributed by atoms with van der Waals surface area (Å²) in [6.07, 6.45) is 0. The predicted molar refractivity (Wildman–Crippen MR) is 87.6 cm³/mol. The maximum Gasteiger partial charge on any atom is 0.0455 e. The molecular formula is C15H14BrCl2N. The quantitative estimate of drug-likeness (QED) is 0.650. The van der Waals surface area contributed by atoms with E-state index in [-0.39, 0.29) is 0 Å².